The Morgan fingerprint density at radius 3 is 2.36 bits per heavy atom. The number of allylic oxidation sites excluding steroid dienone is 1. The van der Waals surface area contributed by atoms with Crippen LogP contribution < -0.4 is 0 Å². The summed E-state index contributed by atoms with van der Waals surface area (Å²) < 4.78 is 27.9. The van der Waals surface area contributed by atoms with Crippen molar-refractivity contribution in [2.24, 2.45) is 5.92 Å². The van der Waals surface area contributed by atoms with Gasteiger partial charge in [0.2, 0.25) is 16.8 Å². The number of amides is 1. The Labute approximate surface area is 147 Å². The number of hydrogen-bond donors (Lipinski definition) is 1. The van der Waals surface area contributed by atoms with Crippen LogP contribution in [0.3, 0.4) is 0 Å². The van der Waals surface area contributed by atoms with Crippen LogP contribution in [-0.2, 0) is 25.2 Å². The number of carbonyl (C=O) groups excluding carboxylic acids is 3. The third-order valence-corrected chi connectivity index (χ3v) is 4.66. The van der Waals surface area contributed by atoms with E-state index in [0.29, 0.717) is 15.4 Å². The van der Waals surface area contributed by atoms with Crippen molar-refractivity contribution in [3.05, 3.63) is 47.7 Å². The van der Waals surface area contributed by atoms with Crippen LogP contribution in [0.25, 0.3) is 0 Å². The van der Waals surface area contributed by atoms with Crippen molar-refractivity contribution in [1.29, 1.82) is 0 Å². The molecule has 7 nitrogen and oxygen atoms in total. The van der Waals surface area contributed by atoms with Crippen molar-refractivity contribution in [3.8, 4) is 0 Å². The molecule has 2 rings (SSSR count). The molecule has 0 aliphatic carbocycles. The Morgan fingerprint density at radius 2 is 1.84 bits per heavy atom. The fourth-order valence-corrected chi connectivity index (χ4v) is 3.23. The van der Waals surface area contributed by atoms with Gasteiger partial charge in [0.15, 0.2) is 5.78 Å². The molecule has 1 heterocycles. The molecule has 0 fully saturated rings. The zero-order valence-corrected chi connectivity index (χ0v) is 14.8. The van der Waals surface area contributed by atoms with Crippen LogP contribution in [0.5, 0.6) is 0 Å². The number of rotatable bonds is 6. The van der Waals surface area contributed by atoms with Crippen molar-refractivity contribution < 1.29 is 27.5 Å². The maximum atomic E-state index is 12.5. The number of Topliss-reactive ketones (excluding diaryl/α,β-unsaturated/α-hetero) is 1. The van der Waals surface area contributed by atoms with Gasteiger partial charge in [-0.25, -0.2) is 12.7 Å². The molecule has 1 aliphatic rings. The first kappa shape index (κ1) is 18.9. The van der Waals surface area contributed by atoms with Crippen LogP contribution in [0.1, 0.15) is 42.1 Å². The van der Waals surface area contributed by atoms with Crippen molar-refractivity contribution in [2.45, 2.75) is 26.2 Å². The van der Waals surface area contributed by atoms with E-state index in [0.717, 1.165) is 0 Å². The molecule has 0 aromatic heterocycles. The minimum atomic E-state index is -3.12. The Balaban J connectivity index is 2.37. The standard InChI is InChI=1S/C17H19NO6S/c1-3-24-16(20)10-15-14(8-9-18(17(15)21)25(22)23)13-6-4-12(5-7-13)11(2)19/h4-9,14-15,25H,3,10H2,1-2H3/t14-,15+/m1/s1. The van der Waals surface area contributed by atoms with E-state index in [-0.39, 0.29) is 18.8 Å². The third-order valence-electron chi connectivity index (χ3n) is 3.98. The van der Waals surface area contributed by atoms with E-state index < -0.39 is 34.6 Å². The van der Waals surface area contributed by atoms with Gasteiger partial charge in [-0.15, -0.1) is 0 Å². The summed E-state index contributed by atoms with van der Waals surface area (Å²) in [4.78, 5) is 35.7. The summed E-state index contributed by atoms with van der Waals surface area (Å²) in [5.74, 6) is -2.70. The molecule has 1 aromatic carbocycles. The number of hydrogen-bond acceptors (Lipinski definition) is 6. The Hall–Kier alpha value is -2.48. The Morgan fingerprint density at radius 1 is 1.20 bits per heavy atom. The highest BCUT2D eigenvalue weighted by molar-refractivity contribution is 7.70. The highest BCUT2D eigenvalue weighted by Crippen LogP contribution is 2.34. The second-order valence-electron chi connectivity index (χ2n) is 5.58. The Bertz CT molecular complexity index is 773. The number of carbonyl (C=O) groups is 3. The summed E-state index contributed by atoms with van der Waals surface area (Å²) in [6.07, 6.45) is 2.54. The van der Waals surface area contributed by atoms with Crippen LogP contribution >= 0.6 is 0 Å². The molecule has 1 aromatic rings. The summed E-state index contributed by atoms with van der Waals surface area (Å²) in [7, 11) is -3.12. The quantitative estimate of drug-likeness (QED) is 0.465. The molecule has 8 heteroatoms. The molecular weight excluding hydrogens is 346 g/mol. The first-order chi connectivity index (χ1) is 11.8. The molecule has 0 radical (unpaired) electrons. The summed E-state index contributed by atoms with van der Waals surface area (Å²) >= 11 is 0. The van der Waals surface area contributed by atoms with Crippen LogP contribution in [0, 0.1) is 5.92 Å². The number of esters is 1. The maximum absolute atomic E-state index is 12.5. The minimum Gasteiger partial charge on any atom is -0.466 e. The molecule has 1 amide bonds. The average molecular weight is 365 g/mol. The predicted molar refractivity (Wildman–Crippen MR) is 90.2 cm³/mol. The number of nitrogens with zero attached hydrogens (tertiary/aromatic N) is 1. The number of thiol groups is 1. The summed E-state index contributed by atoms with van der Waals surface area (Å²) in [5.41, 5.74) is 1.24. The largest absolute Gasteiger partial charge is 0.466 e. The van der Waals surface area contributed by atoms with Crippen LogP contribution in [0.15, 0.2) is 36.5 Å². The van der Waals surface area contributed by atoms with Crippen molar-refractivity contribution in [3.63, 3.8) is 0 Å². The fourth-order valence-electron chi connectivity index (χ4n) is 2.74. The number of benzene rings is 1. The molecule has 0 unspecified atom stereocenters. The van der Waals surface area contributed by atoms with Crippen molar-refractivity contribution >= 4 is 28.5 Å². The monoisotopic (exact) mass is 365 g/mol. The van der Waals surface area contributed by atoms with E-state index in [1.807, 2.05) is 0 Å². The zero-order chi connectivity index (χ0) is 18.6. The van der Waals surface area contributed by atoms with Crippen LogP contribution in [-0.4, -0.2) is 37.0 Å². The molecule has 0 spiro atoms. The van der Waals surface area contributed by atoms with E-state index in [2.05, 4.69) is 0 Å². The lowest BCUT2D eigenvalue weighted by molar-refractivity contribution is -0.147. The lowest BCUT2D eigenvalue weighted by atomic mass is 9.81. The normalized spacial score (nSPS) is 20.0. The van der Waals surface area contributed by atoms with E-state index in [4.69, 9.17) is 4.74 Å². The van der Waals surface area contributed by atoms with Gasteiger partial charge in [0.25, 0.3) is 0 Å². The van der Waals surface area contributed by atoms with Gasteiger partial charge in [0, 0.05) is 17.7 Å². The van der Waals surface area contributed by atoms with Gasteiger partial charge in [-0.1, -0.05) is 30.3 Å². The van der Waals surface area contributed by atoms with Crippen molar-refractivity contribution in [1.82, 2.24) is 4.31 Å². The topological polar surface area (TPSA) is 97.8 Å². The molecule has 25 heavy (non-hydrogen) atoms. The highest BCUT2D eigenvalue weighted by Gasteiger charge is 2.37. The van der Waals surface area contributed by atoms with Crippen LogP contribution in [0.4, 0.5) is 0 Å². The molecule has 0 saturated heterocycles. The average Bonchev–Trinajstić information content (AvgIpc) is 2.56. The maximum Gasteiger partial charge on any atom is 0.306 e. The van der Waals surface area contributed by atoms with Gasteiger partial charge >= 0.3 is 5.97 Å². The molecule has 0 N–H and O–H groups in total. The van der Waals surface area contributed by atoms with E-state index in [9.17, 15) is 22.8 Å². The van der Waals surface area contributed by atoms with E-state index in [1.54, 1.807) is 37.3 Å². The summed E-state index contributed by atoms with van der Waals surface area (Å²) in [6, 6.07) is 6.67. The van der Waals surface area contributed by atoms with Crippen molar-refractivity contribution in [2.75, 3.05) is 6.61 Å². The van der Waals surface area contributed by atoms with Gasteiger partial charge in [-0.05, 0) is 19.4 Å². The van der Waals surface area contributed by atoms with E-state index >= 15 is 0 Å². The molecular formula is C17H19NO6S. The van der Waals surface area contributed by atoms with Gasteiger partial charge in [0.05, 0.1) is 18.9 Å². The van der Waals surface area contributed by atoms with Crippen LogP contribution in [0.2, 0.25) is 0 Å². The SMILES string of the molecule is CCOC(=O)C[C@@H]1C(=O)N([SH](=O)=O)C=C[C@@H]1c1ccc(C(C)=O)cc1. The third kappa shape index (κ3) is 4.33. The zero-order valence-electron chi connectivity index (χ0n) is 13.9. The van der Waals surface area contributed by atoms with Gasteiger partial charge in [-0.3, -0.25) is 14.4 Å². The fraction of sp³-hybridized carbons (Fsp3) is 0.353. The molecule has 0 bridgehead atoms. The molecule has 134 valence electrons. The first-order valence-corrected chi connectivity index (χ1v) is 8.90. The van der Waals surface area contributed by atoms with E-state index in [1.165, 1.54) is 13.1 Å². The number of ketones is 1. The number of ether oxygens (including phenoxy) is 1. The molecule has 2 atom stereocenters. The summed E-state index contributed by atoms with van der Waals surface area (Å²) in [6.45, 7) is 3.28. The second kappa shape index (κ2) is 8.06. The molecule has 0 saturated carbocycles. The smallest absolute Gasteiger partial charge is 0.306 e. The van der Waals surface area contributed by atoms with Gasteiger partial charge in [0.1, 0.15) is 0 Å². The molecule has 1 aliphatic heterocycles. The second-order valence-corrected chi connectivity index (χ2v) is 6.49. The van der Waals surface area contributed by atoms with Gasteiger partial charge in [-0.2, -0.15) is 0 Å². The first-order valence-electron chi connectivity index (χ1n) is 7.77. The summed E-state index contributed by atoms with van der Waals surface area (Å²) in [5, 5.41) is 0. The lowest BCUT2D eigenvalue weighted by Crippen LogP contribution is -2.38. The van der Waals surface area contributed by atoms with Gasteiger partial charge < -0.3 is 4.74 Å². The highest BCUT2D eigenvalue weighted by atomic mass is 32.2. The lowest BCUT2D eigenvalue weighted by Gasteiger charge is -2.30. The Kier molecular flexibility index (Phi) is 6.08. The predicted octanol–water partition coefficient (Wildman–Crippen LogP) is 1.42. The minimum absolute atomic E-state index is 0.0839.